The van der Waals surface area contributed by atoms with Crippen LogP contribution in [0.2, 0.25) is 0 Å². The van der Waals surface area contributed by atoms with Crippen molar-refractivity contribution in [3.63, 3.8) is 0 Å². The molecule has 15 heavy (non-hydrogen) atoms. The lowest BCUT2D eigenvalue weighted by Crippen LogP contribution is -1.87. The van der Waals surface area contributed by atoms with E-state index in [1.807, 2.05) is 0 Å². The molecule has 0 spiro atoms. The van der Waals surface area contributed by atoms with E-state index in [-0.39, 0.29) is 5.82 Å². The smallest absolute Gasteiger partial charge is 0.123 e. The first-order chi connectivity index (χ1) is 7.33. The maximum Gasteiger partial charge on any atom is 0.123 e. The van der Waals surface area contributed by atoms with Crippen LogP contribution in [0.5, 0.6) is 0 Å². The van der Waals surface area contributed by atoms with Crippen molar-refractivity contribution in [1.82, 2.24) is 9.55 Å². The van der Waals surface area contributed by atoms with E-state index in [2.05, 4.69) is 15.7 Å². The molecule has 1 aromatic heterocycles. The Morgan fingerprint density at radius 3 is 2.73 bits per heavy atom. The van der Waals surface area contributed by atoms with Gasteiger partial charge < -0.3 is 4.57 Å². The minimum atomic E-state index is -0.203. The zero-order valence-electron chi connectivity index (χ0n) is 8.28. The molecule has 1 aliphatic heterocycles. The van der Waals surface area contributed by atoms with Crippen LogP contribution in [0.1, 0.15) is 12.2 Å². The lowest BCUT2D eigenvalue weighted by Gasteiger charge is -1.96. The van der Waals surface area contributed by atoms with Gasteiger partial charge in [0.15, 0.2) is 0 Å². The molecule has 3 rings (SSSR count). The van der Waals surface area contributed by atoms with Gasteiger partial charge in [0.05, 0.1) is 5.69 Å². The highest BCUT2D eigenvalue weighted by atomic mass is 19.1. The van der Waals surface area contributed by atoms with Crippen LogP contribution < -0.4 is 0 Å². The number of rotatable bonds is 1. The Morgan fingerprint density at radius 1 is 1.20 bits per heavy atom. The predicted molar refractivity (Wildman–Crippen MR) is 55.9 cm³/mol. The Bertz CT molecular complexity index is 463. The Labute approximate surface area is 87.4 Å². The summed E-state index contributed by atoms with van der Waals surface area (Å²) < 4.78 is 14.9. The molecule has 2 aromatic rings. The number of halogens is 1. The van der Waals surface area contributed by atoms with Gasteiger partial charge in [-0.1, -0.05) is 0 Å². The molecule has 0 saturated heterocycles. The molecule has 1 aliphatic rings. The number of benzene rings is 1. The maximum atomic E-state index is 12.7. The summed E-state index contributed by atoms with van der Waals surface area (Å²) in [6, 6.07) is 6.49. The largest absolute Gasteiger partial charge is 0.334 e. The quantitative estimate of drug-likeness (QED) is 0.695. The number of hydrogen-bond donors (Lipinski definition) is 0. The highest BCUT2D eigenvalue weighted by Gasteiger charge is 2.14. The van der Waals surface area contributed by atoms with Crippen LogP contribution in [0.15, 0.2) is 30.5 Å². The van der Waals surface area contributed by atoms with E-state index < -0.39 is 0 Å². The number of nitrogens with zero attached hydrogens (tertiary/aromatic N) is 2. The van der Waals surface area contributed by atoms with E-state index in [4.69, 9.17) is 0 Å². The van der Waals surface area contributed by atoms with Crippen LogP contribution in [0.3, 0.4) is 0 Å². The molecule has 0 amide bonds. The van der Waals surface area contributed by atoms with Crippen molar-refractivity contribution in [2.24, 2.45) is 0 Å². The van der Waals surface area contributed by atoms with E-state index in [1.165, 1.54) is 18.6 Å². The normalized spacial score (nSPS) is 14.2. The average molecular weight is 202 g/mol. The number of fused-ring (bicyclic) bond motifs is 1. The van der Waals surface area contributed by atoms with Crippen molar-refractivity contribution in [2.45, 2.75) is 19.4 Å². The molecule has 0 N–H and O–H groups in total. The molecule has 2 nitrogen and oxygen atoms in total. The van der Waals surface area contributed by atoms with Crippen LogP contribution in [-0.2, 0) is 13.0 Å². The molecule has 0 unspecified atom stereocenters. The van der Waals surface area contributed by atoms with Gasteiger partial charge in [-0.25, -0.2) is 9.37 Å². The highest BCUT2D eigenvalue weighted by molar-refractivity contribution is 5.58. The van der Waals surface area contributed by atoms with Crippen molar-refractivity contribution >= 4 is 0 Å². The summed E-state index contributed by atoms with van der Waals surface area (Å²) in [6.07, 6.45) is 4.29. The Morgan fingerprint density at radius 2 is 2.00 bits per heavy atom. The zero-order valence-corrected chi connectivity index (χ0v) is 8.28. The van der Waals surface area contributed by atoms with Gasteiger partial charge in [-0.2, -0.15) is 0 Å². The Kier molecular flexibility index (Phi) is 1.84. The topological polar surface area (TPSA) is 17.8 Å². The van der Waals surface area contributed by atoms with Crippen molar-refractivity contribution < 1.29 is 4.39 Å². The Balaban J connectivity index is 2.02. The second-order valence-electron chi connectivity index (χ2n) is 3.85. The van der Waals surface area contributed by atoms with Gasteiger partial charge in [-0.3, -0.25) is 0 Å². The van der Waals surface area contributed by atoms with E-state index in [1.54, 1.807) is 12.1 Å². The van der Waals surface area contributed by atoms with Crippen molar-refractivity contribution in [2.75, 3.05) is 0 Å². The summed E-state index contributed by atoms with van der Waals surface area (Å²) in [7, 11) is 0. The number of imidazole rings is 1. The predicted octanol–water partition coefficient (Wildman–Crippen LogP) is 2.64. The van der Waals surface area contributed by atoms with Gasteiger partial charge in [-0.15, -0.1) is 0 Å². The number of hydrogen-bond acceptors (Lipinski definition) is 1. The fourth-order valence-electron chi connectivity index (χ4n) is 2.01. The van der Waals surface area contributed by atoms with Crippen LogP contribution in [-0.4, -0.2) is 9.55 Å². The van der Waals surface area contributed by atoms with Gasteiger partial charge in [0.1, 0.15) is 11.6 Å². The van der Waals surface area contributed by atoms with E-state index in [0.29, 0.717) is 0 Å². The van der Waals surface area contributed by atoms with Crippen LogP contribution in [0, 0.1) is 5.82 Å². The minimum Gasteiger partial charge on any atom is -0.334 e. The fourth-order valence-corrected chi connectivity index (χ4v) is 2.01. The molecule has 0 bridgehead atoms. The monoisotopic (exact) mass is 202 g/mol. The van der Waals surface area contributed by atoms with Crippen molar-refractivity contribution in [3.05, 3.63) is 42.1 Å². The summed E-state index contributed by atoms with van der Waals surface area (Å²) in [4.78, 5) is 4.53. The summed E-state index contributed by atoms with van der Waals surface area (Å²) in [5, 5.41) is 0. The maximum absolute atomic E-state index is 12.7. The zero-order chi connectivity index (χ0) is 10.3. The van der Waals surface area contributed by atoms with Gasteiger partial charge in [0.2, 0.25) is 0 Å². The molecule has 3 heteroatoms. The van der Waals surface area contributed by atoms with Crippen LogP contribution in [0.25, 0.3) is 11.3 Å². The molecular weight excluding hydrogens is 191 g/mol. The van der Waals surface area contributed by atoms with Gasteiger partial charge in [0.25, 0.3) is 0 Å². The first kappa shape index (κ1) is 8.65. The summed E-state index contributed by atoms with van der Waals surface area (Å²) >= 11 is 0. The first-order valence-corrected chi connectivity index (χ1v) is 5.15. The van der Waals surface area contributed by atoms with Crippen LogP contribution >= 0.6 is 0 Å². The lowest BCUT2D eigenvalue weighted by molar-refractivity contribution is 0.628. The molecule has 0 atom stereocenters. The average Bonchev–Trinajstić information content (AvgIpc) is 2.78. The van der Waals surface area contributed by atoms with E-state index >= 15 is 0 Å². The molecule has 2 heterocycles. The summed E-state index contributed by atoms with van der Waals surface area (Å²) in [5.74, 6) is 0.944. The third-order valence-electron chi connectivity index (χ3n) is 2.80. The molecule has 0 radical (unpaired) electrons. The summed E-state index contributed by atoms with van der Waals surface area (Å²) in [5.41, 5.74) is 1.93. The molecule has 0 aliphatic carbocycles. The second kappa shape index (κ2) is 3.19. The van der Waals surface area contributed by atoms with Gasteiger partial charge >= 0.3 is 0 Å². The van der Waals surface area contributed by atoms with Crippen LogP contribution in [0.4, 0.5) is 4.39 Å². The molecular formula is C12H11FN2. The third kappa shape index (κ3) is 1.44. The molecule has 76 valence electrons. The van der Waals surface area contributed by atoms with Gasteiger partial charge in [-0.05, 0) is 30.7 Å². The molecule has 1 aromatic carbocycles. The van der Waals surface area contributed by atoms with Crippen molar-refractivity contribution in [1.29, 1.82) is 0 Å². The highest BCUT2D eigenvalue weighted by Crippen LogP contribution is 2.22. The Hall–Kier alpha value is -1.64. The first-order valence-electron chi connectivity index (χ1n) is 5.15. The number of aromatic nitrogens is 2. The standard InChI is InChI=1S/C12H11FN2/c13-10-5-3-9(4-6-10)11-8-15-7-1-2-12(15)14-11/h3-6,8H,1-2,7H2. The number of aryl methyl sites for hydroxylation is 2. The SMILES string of the molecule is Fc1ccc(-c2cn3c(n2)CCC3)cc1. The lowest BCUT2D eigenvalue weighted by atomic mass is 10.2. The summed E-state index contributed by atoms with van der Waals surface area (Å²) in [6.45, 7) is 1.06. The van der Waals surface area contributed by atoms with E-state index in [0.717, 1.165) is 30.0 Å². The molecule has 0 fully saturated rings. The van der Waals surface area contributed by atoms with Crippen molar-refractivity contribution in [3.8, 4) is 11.3 Å². The van der Waals surface area contributed by atoms with E-state index in [9.17, 15) is 4.39 Å². The minimum absolute atomic E-state index is 0.203. The van der Waals surface area contributed by atoms with Gasteiger partial charge in [0, 0.05) is 24.7 Å². The third-order valence-corrected chi connectivity index (χ3v) is 2.80. The fraction of sp³-hybridized carbons (Fsp3) is 0.250. The molecule has 0 saturated carbocycles. The second-order valence-corrected chi connectivity index (χ2v) is 3.85.